The number of amidine groups is 1. The van der Waals surface area contributed by atoms with Gasteiger partial charge in [-0.05, 0) is 25.0 Å². The van der Waals surface area contributed by atoms with Gasteiger partial charge in [-0.3, -0.25) is 4.79 Å². The predicted molar refractivity (Wildman–Crippen MR) is 60.1 cm³/mol. The lowest BCUT2D eigenvalue weighted by Crippen LogP contribution is -2.36. The molecule has 7 heteroatoms. The lowest BCUT2D eigenvalue weighted by molar-refractivity contribution is -0.119. The Morgan fingerprint density at radius 2 is 2.11 bits per heavy atom. The fourth-order valence-electron chi connectivity index (χ4n) is 1.66. The third kappa shape index (κ3) is 1.87. The molecule has 0 bridgehead atoms. The Balaban J connectivity index is 2.20. The fourth-order valence-corrected chi connectivity index (χ4v) is 1.66. The number of hydrogen-bond acceptors (Lipinski definition) is 3. The molecule has 1 aliphatic carbocycles. The minimum Gasteiger partial charge on any atom is -0.409 e. The van der Waals surface area contributed by atoms with Crippen LogP contribution < -0.4 is 11.1 Å². The molecule has 0 unspecified atom stereocenters. The predicted octanol–water partition coefficient (Wildman–Crippen LogP) is 1.43. The standard InChI is InChI=1S/C11H11F2N3O2/c12-6-2-1-3-7(8(6)13)15-10(17)11(4-5-11)9(14)16-18/h1-3,18H,4-5H2,(H2,14,16)(H,15,17). The summed E-state index contributed by atoms with van der Waals surface area (Å²) >= 11 is 0. The second-order valence-electron chi connectivity index (χ2n) is 4.12. The van der Waals surface area contributed by atoms with Gasteiger partial charge in [0.1, 0.15) is 5.41 Å². The molecule has 5 nitrogen and oxygen atoms in total. The first-order valence-corrected chi connectivity index (χ1v) is 5.25. The van der Waals surface area contributed by atoms with Crippen molar-refractivity contribution in [2.24, 2.45) is 16.3 Å². The molecular weight excluding hydrogens is 244 g/mol. The Kier molecular flexibility index (Phi) is 2.90. The Hall–Kier alpha value is -2.18. The van der Waals surface area contributed by atoms with Gasteiger partial charge < -0.3 is 16.3 Å². The summed E-state index contributed by atoms with van der Waals surface area (Å²) in [6.45, 7) is 0. The van der Waals surface area contributed by atoms with Gasteiger partial charge in [-0.15, -0.1) is 0 Å². The third-order valence-electron chi connectivity index (χ3n) is 2.98. The zero-order valence-electron chi connectivity index (χ0n) is 9.28. The van der Waals surface area contributed by atoms with Gasteiger partial charge in [0, 0.05) is 0 Å². The summed E-state index contributed by atoms with van der Waals surface area (Å²) in [5.41, 5.74) is 4.04. The molecule has 1 amide bonds. The number of hydrogen-bond donors (Lipinski definition) is 3. The van der Waals surface area contributed by atoms with Crippen molar-refractivity contribution in [3.8, 4) is 0 Å². The van der Waals surface area contributed by atoms with Crippen molar-refractivity contribution in [1.82, 2.24) is 0 Å². The monoisotopic (exact) mass is 255 g/mol. The minimum atomic E-state index is -1.14. The van der Waals surface area contributed by atoms with E-state index in [2.05, 4.69) is 10.5 Å². The first kappa shape index (κ1) is 12.3. The largest absolute Gasteiger partial charge is 0.409 e. The van der Waals surface area contributed by atoms with Crippen molar-refractivity contribution in [3.63, 3.8) is 0 Å². The fraction of sp³-hybridized carbons (Fsp3) is 0.273. The Morgan fingerprint density at radius 1 is 1.44 bits per heavy atom. The quantitative estimate of drug-likeness (QED) is 0.330. The van der Waals surface area contributed by atoms with E-state index in [4.69, 9.17) is 10.9 Å². The van der Waals surface area contributed by atoms with E-state index in [0.29, 0.717) is 12.8 Å². The van der Waals surface area contributed by atoms with E-state index in [-0.39, 0.29) is 11.5 Å². The van der Waals surface area contributed by atoms with Crippen LogP contribution in [0.4, 0.5) is 14.5 Å². The molecular formula is C11H11F2N3O2. The van der Waals surface area contributed by atoms with Crippen LogP contribution in [0.15, 0.2) is 23.4 Å². The van der Waals surface area contributed by atoms with Gasteiger partial charge in [-0.1, -0.05) is 11.2 Å². The molecule has 1 aromatic carbocycles. The summed E-state index contributed by atoms with van der Waals surface area (Å²) < 4.78 is 26.3. The number of oxime groups is 1. The number of amides is 1. The lowest BCUT2D eigenvalue weighted by Gasteiger charge is -2.14. The maximum absolute atomic E-state index is 13.4. The zero-order chi connectivity index (χ0) is 13.3. The molecule has 0 saturated heterocycles. The summed E-state index contributed by atoms with van der Waals surface area (Å²) in [5, 5.41) is 13.6. The summed E-state index contributed by atoms with van der Waals surface area (Å²) in [6, 6.07) is 3.46. The molecule has 0 aliphatic heterocycles. The van der Waals surface area contributed by atoms with Crippen molar-refractivity contribution in [1.29, 1.82) is 0 Å². The number of anilines is 1. The Labute approximate surface area is 101 Å². The van der Waals surface area contributed by atoms with Gasteiger partial charge in [-0.2, -0.15) is 0 Å². The lowest BCUT2D eigenvalue weighted by atomic mass is 10.1. The molecule has 1 saturated carbocycles. The van der Waals surface area contributed by atoms with Gasteiger partial charge in [-0.25, -0.2) is 8.78 Å². The Bertz CT molecular complexity index is 527. The van der Waals surface area contributed by atoms with Crippen molar-refractivity contribution >= 4 is 17.4 Å². The minimum absolute atomic E-state index is 0.225. The van der Waals surface area contributed by atoms with Gasteiger partial charge in [0.15, 0.2) is 17.5 Å². The normalized spacial score (nSPS) is 17.3. The topological polar surface area (TPSA) is 87.7 Å². The third-order valence-corrected chi connectivity index (χ3v) is 2.98. The second-order valence-corrected chi connectivity index (χ2v) is 4.12. The van der Waals surface area contributed by atoms with Crippen LogP contribution in [-0.2, 0) is 4.79 Å². The molecule has 96 valence electrons. The van der Waals surface area contributed by atoms with E-state index in [1.165, 1.54) is 12.1 Å². The average Bonchev–Trinajstić information content (AvgIpc) is 3.15. The molecule has 0 radical (unpaired) electrons. The molecule has 0 spiro atoms. The molecule has 1 aliphatic rings. The summed E-state index contributed by atoms with van der Waals surface area (Å²) in [7, 11) is 0. The maximum atomic E-state index is 13.4. The molecule has 0 heterocycles. The molecule has 1 aromatic rings. The molecule has 18 heavy (non-hydrogen) atoms. The maximum Gasteiger partial charge on any atom is 0.238 e. The van der Waals surface area contributed by atoms with Crippen LogP contribution in [0, 0.1) is 17.0 Å². The number of nitrogens with one attached hydrogen (secondary N) is 1. The van der Waals surface area contributed by atoms with E-state index < -0.39 is 23.0 Å². The number of carbonyl (C=O) groups is 1. The van der Waals surface area contributed by atoms with Crippen LogP contribution in [0.5, 0.6) is 0 Å². The van der Waals surface area contributed by atoms with E-state index in [9.17, 15) is 13.6 Å². The van der Waals surface area contributed by atoms with Gasteiger partial charge in [0.05, 0.1) is 5.69 Å². The summed E-state index contributed by atoms with van der Waals surface area (Å²) in [4.78, 5) is 11.9. The van der Waals surface area contributed by atoms with Gasteiger partial charge in [0.25, 0.3) is 0 Å². The first-order chi connectivity index (χ1) is 8.51. The summed E-state index contributed by atoms with van der Waals surface area (Å²) in [6.07, 6.45) is 0.817. The molecule has 0 aromatic heterocycles. The molecule has 0 atom stereocenters. The number of halogens is 2. The highest BCUT2D eigenvalue weighted by Gasteiger charge is 2.54. The van der Waals surface area contributed by atoms with Crippen molar-refractivity contribution < 1.29 is 18.8 Å². The number of carbonyl (C=O) groups excluding carboxylic acids is 1. The van der Waals surface area contributed by atoms with E-state index >= 15 is 0 Å². The van der Waals surface area contributed by atoms with Crippen molar-refractivity contribution in [2.45, 2.75) is 12.8 Å². The highest BCUT2D eigenvalue weighted by atomic mass is 19.2. The highest BCUT2D eigenvalue weighted by molar-refractivity contribution is 6.14. The van der Waals surface area contributed by atoms with Crippen molar-refractivity contribution in [2.75, 3.05) is 5.32 Å². The average molecular weight is 255 g/mol. The van der Waals surface area contributed by atoms with Crippen LogP contribution in [0.25, 0.3) is 0 Å². The second kappa shape index (κ2) is 4.25. The van der Waals surface area contributed by atoms with E-state index in [1.54, 1.807) is 0 Å². The first-order valence-electron chi connectivity index (χ1n) is 5.25. The van der Waals surface area contributed by atoms with Crippen LogP contribution in [0.2, 0.25) is 0 Å². The Morgan fingerprint density at radius 3 is 2.67 bits per heavy atom. The van der Waals surface area contributed by atoms with Crippen LogP contribution in [-0.4, -0.2) is 17.0 Å². The van der Waals surface area contributed by atoms with Gasteiger partial charge in [0.2, 0.25) is 5.91 Å². The summed E-state index contributed by atoms with van der Waals surface area (Å²) in [5.74, 6) is -3.03. The smallest absolute Gasteiger partial charge is 0.238 e. The van der Waals surface area contributed by atoms with E-state index in [0.717, 1.165) is 6.07 Å². The van der Waals surface area contributed by atoms with Crippen molar-refractivity contribution in [3.05, 3.63) is 29.8 Å². The number of rotatable bonds is 3. The molecule has 1 fully saturated rings. The molecule has 4 N–H and O–H groups in total. The zero-order valence-corrected chi connectivity index (χ0v) is 9.28. The van der Waals surface area contributed by atoms with Crippen LogP contribution in [0.3, 0.4) is 0 Å². The number of benzene rings is 1. The number of nitrogens with zero attached hydrogens (tertiary/aromatic N) is 1. The van der Waals surface area contributed by atoms with Crippen LogP contribution >= 0.6 is 0 Å². The SMILES string of the molecule is N/C(=N/O)C1(C(=O)Nc2cccc(F)c2F)CC1. The molecule has 2 rings (SSSR count). The number of nitrogens with two attached hydrogens (primary N) is 1. The van der Waals surface area contributed by atoms with Gasteiger partial charge >= 0.3 is 0 Å². The highest BCUT2D eigenvalue weighted by Crippen LogP contribution is 2.46. The van der Waals surface area contributed by atoms with E-state index in [1.807, 2.05) is 0 Å². The van der Waals surface area contributed by atoms with Crippen LogP contribution in [0.1, 0.15) is 12.8 Å².